The second-order valence-electron chi connectivity index (χ2n) is 5.32. The summed E-state index contributed by atoms with van der Waals surface area (Å²) in [6, 6.07) is 6.01. The van der Waals surface area contributed by atoms with Gasteiger partial charge in [-0.25, -0.2) is 13.8 Å². The van der Waals surface area contributed by atoms with Gasteiger partial charge < -0.3 is 15.0 Å². The number of carbonyl (C=O) groups excluding carboxylic acids is 1. The molecule has 1 aromatic heterocycles. The number of aromatic nitrogens is 2. The topological polar surface area (TPSA) is 80.5 Å². The smallest absolute Gasteiger partial charge is 0.317 e. The highest BCUT2D eigenvalue weighted by Gasteiger charge is 2.25. The van der Waals surface area contributed by atoms with E-state index in [4.69, 9.17) is 4.74 Å². The summed E-state index contributed by atoms with van der Waals surface area (Å²) in [5, 5.41) is 10.2. The van der Waals surface area contributed by atoms with Crippen LogP contribution in [0.15, 0.2) is 28.9 Å². The van der Waals surface area contributed by atoms with E-state index in [0.717, 1.165) is 5.56 Å². The van der Waals surface area contributed by atoms with E-state index in [9.17, 15) is 9.18 Å². The molecule has 0 saturated carbocycles. The molecule has 0 spiro atoms. The van der Waals surface area contributed by atoms with Gasteiger partial charge in [0.15, 0.2) is 0 Å². The Kier molecular flexibility index (Phi) is 4.52. The fraction of sp³-hybridized carbons (Fsp3) is 0.400. The summed E-state index contributed by atoms with van der Waals surface area (Å²) < 4.78 is 23.6. The summed E-state index contributed by atoms with van der Waals surface area (Å²) in [4.78, 5) is 13.9. The Hall–Kier alpha value is -2.48. The largest absolute Gasteiger partial charge is 0.370 e. The number of aryl methyl sites for hydroxylation is 1. The predicted molar refractivity (Wildman–Crippen MR) is 77.9 cm³/mol. The van der Waals surface area contributed by atoms with Gasteiger partial charge in [0.05, 0.1) is 19.7 Å². The summed E-state index contributed by atoms with van der Waals surface area (Å²) in [6.45, 7) is 3.25. The standard InChI is InChI=1S/C15H17FN4O3/c1-10-13(19-23-18-10)8-17-15(21)20-5-6-22-14(9-20)11-3-2-4-12(16)7-11/h2-4,7,14H,5-6,8-9H2,1H3,(H,17,21). The van der Waals surface area contributed by atoms with Crippen molar-refractivity contribution in [3.05, 3.63) is 47.0 Å². The molecule has 1 aliphatic heterocycles. The lowest BCUT2D eigenvalue weighted by Crippen LogP contribution is -2.47. The van der Waals surface area contributed by atoms with E-state index in [1.807, 2.05) is 0 Å². The third-order valence-electron chi connectivity index (χ3n) is 3.73. The minimum Gasteiger partial charge on any atom is -0.370 e. The average molecular weight is 320 g/mol. The molecule has 0 bridgehead atoms. The van der Waals surface area contributed by atoms with Crippen molar-refractivity contribution in [3.8, 4) is 0 Å². The monoisotopic (exact) mass is 320 g/mol. The Bertz CT molecular complexity index is 691. The van der Waals surface area contributed by atoms with Crippen LogP contribution in [0, 0.1) is 12.7 Å². The van der Waals surface area contributed by atoms with Crippen molar-refractivity contribution in [1.29, 1.82) is 0 Å². The lowest BCUT2D eigenvalue weighted by Gasteiger charge is -2.33. The first-order valence-corrected chi connectivity index (χ1v) is 7.31. The number of amides is 2. The molecule has 3 rings (SSSR count). The van der Waals surface area contributed by atoms with Crippen LogP contribution in [0.4, 0.5) is 9.18 Å². The zero-order valence-electron chi connectivity index (χ0n) is 12.7. The van der Waals surface area contributed by atoms with Gasteiger partial charge >= 0.3 is 6.03 Å². The minimum absolute atomic E-state index is 0.225. The predicted octanol–water partition coefficient (Wildman–Crippen LogP) is 1.80. The molecule has 1 N–H and O–H groups in total. The maximum atomic E-state index is 13.3. The summed E-state index contributed by atoms with van der Waals surface area (Å²) in [5.41, 5.74) is 1.96. The van der Waals surface area contributed by atoms with Gasteiger partial charge in [-0.3, -0.25) is 0 Å². The van der Waals surface area contributed by atoms with E-state index in [1.54, 1.807) is 24.0 Å². The minimum atomic E-state index is -0.333. The number of urea groups is 1. The number of halogens is 1. The van der Waals surface area contributed by atoms with Gasteiger partial charge in [0.1, 0.15) is 23.3 Å². The fourth-order valence-electron chi connectivity index (χ4n) is 2.42. The molecule has 1 saturated heterocycles. The van der Waals surface area contributed by atoms with Crippen LogP contribution in [-0.4, -0.2) is 40.9 Å². The number of morpholine rings is 1. The van der Waals surface area contributed by atoms with Crippen molar-refractivity contribution in [3.63, 3.8) is 0 Å². The SMILES string of the molecule is Cc1nonc1CNC(=O)N1CCOC(c2cccc(F)c2)C1. The van der Waals surface area contributed by atoms with Crippen LogP contribution in [0.25, 0.3) is 0 Å². The van der Waals surface area contributed by atoms with Gasteiger partial charge in [-0.2, -0.15) is 0 Å². The van der Waals surface area contributed by atoms with Gasteiger partial charge in [-0.15, -0.1) is 0 Å². The number of hydrogen-bond donors (Lipinski definition) is 1. The fourth-order valence-corrected chi connectivity index (χ4v) is 2.42. The second kappa shape index (κ2) is 6.74. The molecule has 2 aromatic rings. The van der Waals surface area contributed by atoms with Crippen LogP contribution in [0.1, 0.15) is 23.1 Å². The Balaban J connectivity index is 1.59. The lowest BCUT2D eigenvalue weighted by atomic mass is 10.1. The molecule has 1 unspecified atom stereocenters. The first kappa shape index (κ1) is 15.4. The van der Waals surface area contributed by atoms with Crippen molar-refractivity contribution in [2.75, 3.05) is 19.7 Å². The van der Waals surface area contributed by atoms with E-state index in [0.29, 0.717) is 31.1 Å². The van der Waals surface area contributed by atoms with Crippen LogP contribution in [-0.2, 0) is 11.3 Å². The number of benzene rings is 1. The van der Waals surface area contributed by atoms with Crippen LogP contribution in [0.3, 0.4) is 0 Å². The highest BCUT2D eigenvalue weighted by molar-refractivity contribution is 5.74. The summed E-state index contributed by atoms with van der Waals surface area (Å²) in [7, 11) is 0. The van der Waals surface area contributed by atoms with Gasteiger partial charge in [0.25, 0.3) is 0 Å². The molecule has 8 heteroatoms. The number of ether oxygens (including phenoxy) is 1. The van der Waals surface area contributed by atoms with Crippen molar-refractivity contribution >= 4 is 6.03 Å². The highest BCUT2D eigenvalue weighted by atomic mass is 19.1. The number of nitrogens with one attached hydrogen (secondary N) is 1. The highest BCUT2D eigenvalue weighted by Crippen LogP contribution is 2.22. The molecule has 1 fully saturated rings. The molecule has 2 heterocycles. The first-order valence-electron chi connectivity index (χ1n) is 7.31. The Morgan fingerprint density at radius 3 is 3.09 bits per heavy atom. The maximum absolute atomic E-state index is 13.3. The average Bonchev–Trinajstić information content (AvgIpc) is 2.98. The molecule has 0 aliphatic carbocycles. The zero-order valence-corrected chi connectivity index (χ0v) is 12.7. The van der Waals surface area contributed by atoms with Crippen molar-refractivity contribution in [1.82, 2.24) is 20.5 Å². The zero-order chi connectivity index (χ0) is 16.2. The molecule has 7 nitrogen and oxygen atoms in total. The quantitative estimate of drug-likeness (QED) is 0.933. The third-order valence-corrected chi connectivity index (χ3v) is 3.73. The van der Waals surface area contributed by atoms with E-state index < -0.39 is 0 Å². The van der Waals surface area contributed by atoms with Crippen LogP contribution >= 0.6 is 0 Å². The molecule has 0 radical (unpaired) electrons. The third kappa shape index (κ3) is 3.65. The van der Waals surface area contributed by atoms with Crippen molar-refractivity contribution in [2.24, 2.45) is 0 Å². The second-order valence-corrected chi connectivity index (χ2v) is 5.32. The number of nitrogens with zero attached hydrogens (tertiary/aromatic N) is 3. The summed E-state index contributed by atoms with van der Waals surface area (Å²) >= 11 is 0. The first-order chi connectivity index (χ1) is 11.1. The van der Waals surface area contributed by atoms with E-state index in [-0.39, 0.29) is 24.5 Å². The summed E-state index contributed by atoms with van der Waals surface area (Å²) in [5.74, 6) is -0.318. The van der Waals surface area contributed by atoms with Crippen LogP contribution < -0.4 is 5.32 Å². The van der Waals surface area contributed by atoms with E-state index in [2.05, 4.69) is 20.3 Å². The molecule has 1 atom stereocenters. The number of carbonyl (C=O) groups is 1. The molecule has 1 aromatic carbocycles. The van der Waals surface area contributed by atoms with Crippen LogP contribution in [0.5, 0.6) is 0 Å². The molecule has 2 amide bonds. The Labute approximate surface area is 132 Å². The lowest BCUT2D eigenvalue weighted by molar-refractivity contribution is -0.0156. The van der Waals surface area contributed by atoms with Crippen LogP contribution in [0.2, 0.25) is 0 Å². The van der Waals surface area contributed by atoms with Gasteiger partial charge in [0.2, 0.25) is 0 Å². The molecular formula is C15H17FN4O3. The molecule has 1 aliphatic rings. The normalized spacial score (nSPS) is 18.0. The van der Waals surface area contributed by atoms with E-state index >= 15 is 0 Å². The number of hydrogen-bond acceptors (Lipinski definition) is 5. The Morgan fingerprint density at radius 2 is 2.35 bits per heavy atom. The van der Waals surface area contributed by atoms with Gasteiger partial charge in [-0.1, -0.05) is 22.4 Å². The van der Waals surface area contributed by atoms with Crippen molar-refractivity contribution in [2.45, 2.75) is 19.6 Å². The molecule has 23 heavy (non-hydrogen) atoms. The van der Waals surface area contributed by atoms with Gasteiger partial charge in [-0.05, 0) is 24.6 Å². The molecule has 122 valence electrons. The molecular weight excluding hydrogens is 303 g/mol. The van der Waals surface area contributed by atoms with E-state index in [1.165, 1.54) is 12.1 Å². The Morgan fingerprint density at radius 1 is 1.48 bits per heavy atom. The maximum Gasteiger partial charge on any atom is 0.317 e. The van der Waals surface area contributed by atoms with Crippen molar-refractivity contribution < 1.29 is 18.6 Å². The number of rotatable bonds is 3. The van der Waals surface area contributed by atoms with Gasteiger partial charge in [0, 0.05) is 6.54 Å². The summed E-state index contributed by atoms with van der Waals surface area (Å²) in [6.07, 6.45) is -0.333.